The lowest BCUT2D eigenvalue weighted by atomic mass is 9.94. The molecule has 1 N–H and O–H groups in total. The maximum atomic E-state index is 5.44. The van der Waals surface area contributed by atoms with E-state index >= 15 is 0 Å². The molecule has 4 nitrogen and oxygen atoms in total. The molecule has 1 aliphatic rings. The molecule has 1 aliphatic heterocycles. The average molecular weight is 304 g/mol. The molecule has 1 aromatic carbocycles. The first-order chi connectivity index (χ1) is 10.1. The lowest BCUT2D eigenvalue weighted by molar-refractivity contribution is 0.174. The Balaban J connectivity index is 1.73. The van der Waals surface area contributed by atoms with Gasteiger partial charge in [0.1, 0.15) is 5.01 Å². The Morgan fingerprint density at radius 2 is 2.14 bits per heavy atom. The van der Waals surface area contributed by atoms with E-state index in [-0.39, 0.29) is 5.54 Å². The number of nitrogens with one attached hydrogen (secondary N) is 1. The Hall–Kier alpha value is -1.59. The highest BCUT2D eigenvalue weighted by Crippen LogP contribution is 2.34. The van der Waals surface area contributed by atoms with Crippen molar-refractivity contribution in [2.75, 3.05) is 13.8 Å². The van der Waals surface area contributed by atoms with Crippen molar-refractivity contribution >= 4 is 11.3 Å². The van der Waals surface area contributed by atoms with Gasteiger partial charge in [-0.1, -0.05) is 6.07 Å². The molecule has 112 valence electrons. The van der Waals surface area contributed by atoms with Crippen LogP contribution in [0.15, 0.2) is 23.6 Å². The van der Waals surface area contributed by atoms with Crippen molar-refractivity contribution in [3.63, 3.8) is 0 Å². The number of aryl methyl sites for hydroxylation is 2. The quantitative estimate of drug-likeness (QED) is 0.921. The van der Waals surface area contributed by atoms with Crippen LogP contribution in [0, 0.1) is 6.92 Å². The van der Waals surface area contributed by atoms with Crippen LogP contribution < -0.4 is 14.8 Å². The Bertz CT molecular complexity index is 641. The third-order valence-corrected chi connectivity index (χ3v) is 5.22. The molecule has 1 unspecified atom stereocenters. The molecule has 0 amide bonds. The summed E-state index contributed by atoms with van der Waals surface area (Å²) in [6, 6.07) is 6.17. The van der Waals surface area contributed by atoms with Gasteiger partial charge in [0.05, 0.1) is 5.54 Å². The number of benzene rings is 1. The molecule has 1 aromatic heterocycles. The summed E-state index contributed by atoms with van der Waals surface area (Å²) in [7, 11) is 2.00. The van der Waals surface area contributed by atoms with E-state index in [4.69, 9.17) is 9.47 Å². The molecule has 0 radical (unpaired) electrons. The third kappa shape index (κ3) is 2.89. The summed E-state index contributed by atoms with van der Waals surface area (Å²) in [5.41, 5.74) is 2.24. The normalized spacial score (nSPS) is 16.0. The van der Waals surface area contributed by atoms with Crippen LogP contribution in [0.25, 0.3) is 0 Å². The van der Waals surface area contributed by atoms with Gasteiger partial charge in [-0.05, 0) is 51.4 Å². The van der Waals surface area contributed by atoms with Crippen LogP contribution in [0.5, 0.6) is 11.5 Å². The summed E-state index contributed by atoms with van der Waals surface area (Å²) >= 11 is 1.72. The first kappa shape index (κ1) is 14.4. The van der Waals surface area contributed by atoms with E-state index < -0.39 is 0 Å². The fraction of sp³-hybridized carbons (Fsp3) is 0.438. The van der Waals surface area contributed by atoms with Gasteiger partial charge in [-0.25, -0.2) is 4.98 Å². The van der Waals surface area contributed by atoms with Gasteiger partial charge in [-0.15, -0.1) is 11.3 Å². The molecule has 2 aromatic rings. The molecule has 0 saturated carbocycles. The second-order valence-corrected chi connectivity index (χ2v) is 6.42. The summed E-state index contributed by atoms with van der Waals surface area (Å²) in [6.07, 6.45) is 1.95. The molecular weight excluding hydrogens is 284 g/mol. The molecule has 0 bridgehead atoms. The number of nitrogens with zero attached hydrogens (tertiary/aromatic N) is 1. The van der Waals surface area contributed by atoms with Gasteiger partial charge in [0.2, 0.25) is 6.79 Å². The number of aromatic nitrogens is 1. The van der Waals surface area contributed by atoms with E-state index in [1.165, 1.54) is 5.56 Å². The molecule has 0 spiro atoms. The molecule has 0 saturated heterocycles. The van der Waals surface area contributed by atoms with Gasteiger partial charge in [-0.3, -0.25) is 0 Å². The van der Waals surface area contributed by atoms with Crippen LogP contribution in [0.3, 0.4) is 0 Å². The highest BCUT2D eigenvalue weighted by molar-refractivity contribution is 7.09. The minimum atomic E-state index is -0.102. The monoisotopic (exact) mass is 304 g/mol. The predicted molar refractivity (Wildman–Crippen MR) is 84.1 cm³/mol. The molecule has 1 atom stereocenters. The van der Waals surface area contributed by atoms with Gasteiger partial charge < -0.3 is 14.8 Å². The second-order valence-electron chi connectivity index (χ2n) is 5.56. The number of fused-ring (bicyclic) bond motifs is 1. The standard InChI is InChI=1S/C16H20N2O2S/c1-11-9-21-15(18-11)16(2,17-3)7-6-12-4-5-13-14(8-12)20-10-19-13/h4-5,8-9,17H,6-7,10H2,1-3H3. The molecule has 0 fully saturated rings. The summed E-state index contributed by atoms with van der Waals surface area (Å²) < 4.78 is 10.8. The van der Waals surface area contributed by atoms with E-state index in [9.17, 15) is 0 Å². The zero-order chi connectivity index (χ0) is 14.9. The zero-order valence-electron chi connectivity index (χ0n) is 12.6. The van der Waals surface area contributed by atoms with Gasteiger partial charge in [-0.2, -0.15) is 0 Å². The van der Waals surface area contributed by atoms with Crippen LogP contribution in [-0.4, -0.2) is 18.8 Å². The summed E-state index contributed by atoms with van der Waals surface area (Å²) in [4.78, 5) is 4.64. The Morgan fingerprint density at radius 3 is 2.86 bits per heavy atom. The van der Waals surface area contributed by atoms with Crippen LogP contribution in [-0.2, 0) is 12.0 Å². The maximum absolute atomic E-state index is 5.44. The lowest BCUT2D eigenvalue weighted by Crippen LogP contribution is -2.37. The Morgan fingerprint density at radius 1 is 1.33 bits per heavy atom. The van der Waals surface area contributed by atoms with E-state index in [2.05, 4.69) is 34.7 Å². The topological polar surface area (TPSA) is 43.4 Å². The van der Waals surface area contributed by atoms with E-state index in [0.29, 0.717) is 6.79 Å². The molecule has 2 heterocycles. The first-order valence-electron chi connectivity index (χ1n) is 7.11. The Kier molecular flexibility index (Phi) is 3.87. The van der Waals surface area contributed by atoms with Crippen molar-refractivity contribution in [3.05, 3.63) is 39.8 Å². The van der Waals surface area contributed by atoms with Crippen molar-refractivity contribution < 1.29 is 9.47 Å². The summed E-state index contributed by atoms with van der Waals surface area (Å²) in [5, 5.41) is 6.67. The number of rotatable bonds is 5. The van der Waals surface area contributed by atoms with Crippen LogP contribution in [0.1, 0.15) is 29.6 Å². The van der Waals surface area contributed by atoms with Gasteiger partial charge in [0.25, 0.3) is 0 Å². The predicted octanol–water partition coefficient (Wildman–Crippen LogP) is 3.25. The third-order valence-electron chi connectivity index (χ3n) is 3.99. The smallest absolute Gasteiger partial charge is 0.231 e. The van der Waals surface area contributed by atoms with Gasteiger partial charge >= 0.3 is 0 Å². The van der Waals surface area contributed by atoms with Crippen LogP contribution >= 0.6 is 11.3 Å². The van der Waals surface area contributed by atoms with Crippen molar-refractivity contribution in [1.29, 1.82) is 0 Å². The summed E-state index contributed by atoms with van der Waals surface area (Å²) in [6.45, 7) is 4.57. The first-order valence-corrected chi connectivity index (χ1v) is 7.99. The minimum absolute atomic E-state index is 0.102. The molecule has 21 heavy (non-hydrogen) atoms. The minimum Gasteiger partial charge on any atom is -0.454 e. The van der Waals surface area contributed by atoms with E-state index in [0.717, 1.165) is 35.0 Å². The van der Waals surface area contributed by atoms with Crippen molar-refractivity contribution in [3.8, 4) is 11.5 Å². The number of thiazole rings is 1. The van der Waals surface area contributed by atoms with Crippen LogP contribution in [0.4, 0.5) is 0 Å². The molecule has 0 aliphatic carbocycles. The second kappa shape index (κ2) is 5.66. The molecular formula is C16H20N2O2S. The largest absolute Gasteiger partial charge is 0.454 e. The van der Waals surface area contributed by atoms with Crippen molar-refractivity contribution in [2.45, 2.75) is 32.2 Å². The van der Waals surface area contributed by atoms with Gasteiger partial charge in [0, 0.05) is 11.1 Å². The Labute approximate surface area is 129 Å². The molecule has 3 rings (SSSR count). The highest BCUT2D eigenvalue weighted by Gasteiger charge is 2.27. The maximum Gasteiger partial charge on any atom is 0.231 e. The fourth-order valence-corrected chi connectivity index (χ4v) is 3.43. The number of hydrogen-bond acceptors (Lipinski definition) is 5. The average Bonchev–Trinajstić information content (AvgIpc) is 3.13. The van der Waals surface area contributed by atoms with Gasteiger partial charge in [0.15, 0.2) is 11.5 Å². The highest BCUT2D eigenvalue weighted by atomic mass is 32.1. The number of ether oxygens (including phenoxy) is 2. The van der Waals surface area contributed by atoms with Crippen LogP contribution in [0.2, 0.25) is 0 Å². The number of hydrogen-bond donors (Lipinski definition) is 1. The SMILES string of the molecule is CNC(C)(CCc1ccc2c(c1)OCO2)c1nc(C)cs1. The zero-order valence-corrected chi connectivity index (χ0v) is 13.4. The van der Waals surface area contributed by atoms with Crippen molar-refractivity contribution in [2.24, 2.45) is 0 Å². The van der Waals surface area contributed by atoms with E-state index in [1.807, 2.05) is 20.0 Å². The van der Waals surface area contributed by atoms with E-state index in [1.54, 1.807) is 11.3 Å². The fourth-order valence-electron chi connectivity index (χ4n) is 2.44. The van der Waals surface area contributed by atoms with Crippen molar-refractivity contribution in [1.82, 2.24) is 10.3 Å². The summed E-state index contributed by atoms with van der Waals surface area (Å²) in [5.74, 6) is 1.69. The molecule has 5 heteroatoms. The lowest BCUT2D eigenvalue weighted by Gasteiger charge is -2.27.